The van der Waals surface area contributed by atoms with E-state index in [2.05, 4.69) is 43.6 Å². The predicted molar refractivity (Wildman–Crippen MR) is 83.7 cm³/mol. The summed E-state index contributed by atoms with van der Waals surface area (Å²) >= 11 is 0. The molecule has 0 radical (unpaired) electrons. The SMILES string of the molecule is Cc1cc(NCc2nc3c(C)cccc3[nH]2)c2nncn2n1. The van der Waals surface area contributed by atoms with Gasteiger partial charge in [-0.2, -0.15) is 9.61 Å². The summed E-state index contributed by atoms with van der Waals surface area (Å²) in [6, 6.07) is 8.08. The monoisotopic (exact) mass is 293 g/mol. The van der Waals surface area contributed by atoms with E-state index in [1.165, 1.54) is 5.56 Å². The van der Waals surface area contributed by atoms with Crippen LogP contribution in [0.2, 0.25) is 0 Å². The van der Waals surface area contributed by atoms with Gasteiger partial charge in [-0.05, 0) is 31.5 Å². The maximum atomic E-state index is 4.64. The van der Waals surface area contributed by atoms with E-state index in [-0.39, 0.29) is 0 Å². The van der Waals surface area contributed by atoms with Crippen LogP contribution in [0.25, 0.3) is 16.7 Å². The van der Waals surface area contributed by atoms with Crippen molar-refractivity contribution in [1.29, 1.82) is 0 Å². The zero-order valence-electron chi connectivity index (χ0n) is 12.3. The van der Waals surface area contributed by atoms with Crippen LogP contribution < -0.4 is 5.32 Å². The third kappa shape index (κ3) is 2.07. The second-order valence-electron chi connectivity index (χ2n) is 5.31. The average Bonchev–Trinajstić information content (AvgIpc) is 3.11. The predicted octanol–water partition coefficient (Wildman–Crippen LogP) is 2.23. The van der Waals surface area contributed by atoms with Crippen LogP contribution in [-0.4, -0.2) is 29.8 Å². The van der Waals surface area contributed by atoms with Crippen molar-refractivity contribution in [2.24, 2.45) is 0 Å². The number of anilines is 1. The number of imidazole rings is 1. The highest BCUT2D eigenvalue weighted by atomic mass is 15.3. The molecule has 0 saturated heterocycles. The summed E-state index contributed by atoms with van der Waals surface area (Å²) in [4.78, 5) is 7.97. The largest absolute Gasteiger partial charge is 0.375 e. The number of fused-ring (bicyclic) bond motifs is 2. The third-order valence-corrected chi connectivity index (χ3v) is 3.60. The van der Waals surface area contributed by atoms with Gasteiger partial charge in [0.05, 0.1) is 29.0 Å². The molecule has 22 heavy (non-hydrogen) atoms. The molecule has 0 spiro atoms. The first-order valence-corrected chi connectivity index (χ1v) is 7.06. The highest BCUT2D eigenvalue weighted by Crippen LogP contribution is 2.18. The Kier molecular flexibility index (Phi) is 2.78. The number of nitrogens with one attached hydrogen (secondary N) is 2. The maximum Gasteiger partial charge on any atom is 0.200 e. The Bertz CT molecular complexity index is 967. The standard InChI is InChI=1S/C15H15N7/c1-9-4-3-5-11-14(9)19-13(18-11)7-16-12-6-10(2)21-22-8-17-20-15(12)22/h3-6,8,16H,7H2,1-2H3,(H,18,19). The minimum atomic E-state index is 0.583. The van der Waals surface area contributed by atoms with Crippen molar-refractivity contribution in [1.82, 2.24) is 29.8 Å². The summed E-state index contributed by atoms with van der Waals surface area (Å²) in [5.74, 6) is 0.886. The van der Waals surface area contributed by atoms with Crippen LogP contribution in [0.3, 0.4) is 0 Å². The van der Waals surface area contributed by atoms with Crippen molar-refractivity contribution in [3.63, 3.8) is 0 Å². The first-order chi connectivity index (χ1) is 10.7. The summed E-state index contributed by atoms with van der Waals surface area (Å²) in [6.07, 6.45) is 1.60. The van der Waals surface area contributed by atoms with E-state index < -0.39 is 0 Å². The van der Waals surface area contributed by atoms with Gasteiger partial charge in [0, 0.05) is 0 Å². The fourth-order valence-electron chi connectivity index (χ4n) is 2.57. The van der Waals surface area contributed by atoms with Crippen LogP contribution in [0.15, 0.2) is 30.6 Å². The summed E-state index contributed by atoms with van der Waals surface area (Å²) < 4.78 is 1.67. The number of H-pyrrole nitrogens is 1. The van der Waals surface area contributed by atoms with Crippen LogP contribution in [0.4, 0.5) is 5.69 Å². The van der Waals surface area contributed by atoms with E-state index in [0.29, 0.717) is 12.2 Å². The van der Waals surface area contributed by atoms with Gasteiger partial charge in [-0.1, -0.05) is 12.1 Å². The molecule has 3 heterocycles. The Morgan fingerprint density at radius 1 is 1.27 bits per heavy atom. The van der Waals surface area contributed by atoms with Crippen molar-refractivity contribution in [2.75, 3.05) is 5.32 Å². The minimum Gasteiger partial charge on any atom is -0.375 e. The number of benzene rings is 1. The smallest absolute Gasteiger partial charge is 0.200 e. The zero-order valence-corrected chi connectivity index (χ0v) is 12.3. The summed E-state index contributed by atoms with van der Waals surface area (Å²) in [7, 11) is 0. The molecule has 110 valence electrons. The van der Waals surface area contributed by atoms with Crippen LogP contribution in [-0.2, 0) is 6.54 Å². The molecule has 4 rings (SSSR count). The number of para-hydroxylation sites is 1. The van der Waals surface area contributed by atoms with Gasteiger partial charge in [-0.15, -0.1) is 10.2 Å². The molecule has 0 unspecified atom stereocenters. The van der Waals surface area contributed by atoms with Gasteiger partial charge in [-0.3, -0.25) is 0 Å². The van der Waals surface area contributed by atoms with Gasteiger partial charge >= 0.3 is 0 Å². The van der Waals surface area contributed by atoms with Crippen molar-refractivity contribution in [2.45, 2.75) is 20.4 Å². The van der Waals surface area contributed by atoms with Gasteiger partial charge in [0.15, 0.2) is 0 Å². The van der Waals surface area contributed by atoms with E-state index >= 15 is 0 Å². The molecule has 4 aromatic rings. The van der Waals surface area contributed by atoms with Gasteiger partial charge in [0.2, 0.25) is 5.65 Å². The van der Waals surface area contributed by atoms with Gasteiger partial charge in [0.25, 0.3) is 0 Å². The molecule has 0 bridgehead atoms. The molecule has 0 aliphatic rings. The number of aromatic nitrogens is 6. The second kappa shape index (κ2) is 4.80. The summed E-state index contributed by atoms with van der Waals surface area (Å²) in [6.45, 7) is 4.58. The van der Waals surface area contributed by atoms with E-state index in [1.54, 1.807) is 10.8 Å². The molecule has 1 aromatic carbocycles. The molecule has 0 amide bonds. The van der Waals surface area contributed by atoms with E-state index in [9.17, 15) is 0 Å². The quantitative estimate of drug-likeness (QED) is 0.605. The van der Waals surface area contributed by atoms with E-state index in [4.69, 9.17) is 0 Å². The van der Waals surface area contributed by atoms with Crippen LogP contribution in [0.1, 0.15) is 17.1 Å². The fourth-order valence-corrected chi connectivity index (χ4v) is 2.57. The second-order valence-corrected chi connectivity index (χ2v) is 5.31. The lowest BCUT2D eigenvalue weighted by Gasteiger charge is -2.06. The molecule has 0 fully saturated rings. The Morgan fingerprint density at radius 2 is 2.18 bits per heavy atom. The molecule has 7 nitrogen and oxygen atoms in total. The lowest BCUT2D eigenvalue weighted by molar-refractivity contribution is 0.890. The van der Waals surface area contributed by atoms with Crippen molar-refractivity contribution in [3.8, 4) is 0 Å². The Hall–Kier alpha value is -2.96. The van der Waals surface area contributed by atoms with E-state index in [0.717, 1.165) is 28.2 Å². The summed E-state index contributed by atoms with van der Waals surface area (Å²) in [5.41, 5.74) is 5.73. The average molecular weight is 293 g/mol. The topological polar surface area (TPSA) is 83.8 Å². The number of hydrogen-bond acceptors (Lipinski definition) is 5. The molecule has 2 N–H and O–H groups in total. The number of aromatic amines is 1. The number of aryl methyl sites for hydroxylation is 2. The molecule has 0 aliphatic carbocycles. The Labute approximate surface area is 126 Å². The maximum absolute atomic E-state index is 4.64. The van der Waals surface area contributed by atoms with Crippen LogP contribution in [0, 0.1) is 13.8 Å². The fraction of sp³-hybridized carbons (Fsp3) is 0.200. The van der Waals surface area contributed by atoms with Crippen molar-refractivity contribution >= 4 is 22.4 Å². The van der Waals surface area contributed by atoms with Crippen molar-refractivity contribution < 1.29 is 0 Å². The lowest BCUT2D eigenvalue weighted by atomic mass is 10.2. The minimum absolute atomic E-state index is 0.583. The lowest BCUT2D eigenvalue weighted by Crippen LogP contribution is -2.05. The molecule has 7 heteroatoms. The molecule has 0 atom stereocenters. The highest BCUT2D eigenvalue weighted by molar-refractivity contribution is 5.78. The van der Waals surface area contributed by atoms with Gasteiger partial charge in [0.1, 0.15) is 12.2 Å². The molecule has 0 saturated carbocycles. The first-order valence-electron chi connectivity index (χ1n) is 7.06. The molecule has 3 aromatic heterocycles. The van der Waals surface area contributed by atoms with Gasteiger partial charge in [-0.25, -0.2) is 4.98 Å². The van der Waals surface area contributed by atoms with E-state index in [1.807, 2.05) is 25.1 Å². The normalized spacial score (nSPS) is 11.4. The molecule has 0 aliphatic heterocycles. The number of rotatable bonds is 3. The Morgan fingerprint density at radius 3 is 3.05 bits per heavy atom. The number of hydrogen-bond donors (Lipinski definition) is 2. The number of nitrogens with zero attached hydrogens (tertiary/aromatic N) is 5. The molecular weight excluding hydrogens is 278 g/mol. The highest BCUT2D eigenvalue weighted by Gasteiger charge is 2.08. The van der Waals surface area contributed by atoms with Crippen LogP contribution >= 0.6 is 0 Å². The van der Waals surface area contributed by atoms with Gasteiger partial charge < -0.3 is 10.3 Å². The van der Waals surface area contributed by atoms with Crippen molar-refractivity contribution in [3.05, 3.63) is 47.7 Å². The third-order valence-electron chi connectivity index (χ3n) is 3.60. The first kappa shape index (κ1) is 12.8. The zero-order chi connectivity index (χ0) is 15.1. The van der Waals surface area contributed by atoms with Crippen LogP contribution in [0.5, 0.6) is 0 Å². The Balaban J connectivity index is 1.65. The summed E-state index contributed by atoms with van der Waals surface area (Å²) in [5, 5.41) is 15.7. The molecular formula is C15H15N7.